The molecule has 6 rings (SSSR count). The number of aliphatic hydroxyl groups excluding tert-OH is 1. The molecule has 1 saturated heterocycles. The molecule has 2 aromatic carbocycles. The van der Waals surface area contributed by atoms with Crippen molar-refractivity contribution in [2.75, 3.05) is 18.9 Å². The predicted molar refractivity (Wildman–Crippen MR) is 160 cm³/mol. The zero-order chi connectivity index (χ0) is 29.3. The highest BCUT2D eigenvalue weighted by molar-refractivity contribution is 7.51. The average molecular weight is 591 g/mol. The number of H-pyrrole nitrogens is 1. The Balaban J connectivity index is 1.17. The van der Waals surface area contributed by atoms with E-state index in [9.17, 15) is 9.67 Å². The molecule has 0 aliphatic carbocycles. The summed E-state index contributed by atoms with van der Waals surface area (Å²) >= 11 is 0. The molecule has 5 aromatic rings. The number of rotatable bonds is 11. The standard InChI is InChI=1S/C30H35N6O5P/c1-20-28(37)26(41-30(20,2)27-13-12-25-29(31)33-19-34-36(25)27)18-40-42(38,39-17-21-8-4-3-5-9-21)35-15-14-22-16-32-24-11-7-6-10-23(22)24/h3-13,16,19-20,26,28,32,37H,14-15,17-18H2,1-2H3,(H,35,38)(H2,31,33,34)/t20-,26+,28-,30+,42?/m0/s1. The van der Waals surface area contributed by atoms with Crippen LogP contribution in [-0.2, 0) is 37.0 Å². The van der Waals surface area contributed by atoms with Crippen LogP contribution in [0.25, 0.3) is 16.4 Å². The molecule has 5 atom stereocenters. The normalized spacial score (nSPS) is 23.9. The Hall–Kier alpha value is -3.57. The number of nitrogen functional groups attached to an aromatic ring is 1. The molecule has 0 bridgehead atoms. The van der Waals surface area contributed by atoms with Gasteiger partial charge in [0.15, 0.2) is 5.82 Å². The van der Waals surface area contributed by atoms with Crippen LogP contribution in [0.15, 0.2) is 79.3 Å². The Morgan fingerprint density at radius 3 is 2.76 bits per heavy atom. The minimum absolute atomic E-state index is 0.0949. The van der Waals surface area contributed by atoms with Crippen LogP contribution in [0.5, 0.6) is 0 Å². The number of aliphatic hydroxyl groups is 1. The van der Waals surface area contributed by atoms with Crippen LogP contribution in [0.1, 0.15) is 30.7 Å². The molecule has 1 aliphatic rings. The summed E-state index contributed by atoms with van der Waals surface area (Å²) in [6, 6.07) is 21.2. The molecule has 1 fully saturated rings. The monoisotopic (exact) mass is 590 g/mol. The molecule has 0 spiro atoms. The van der Waals surface area contributed by atoms with Crippen LogP contribution in [0.3, 0.4) is 0 Å². The van der Waals surface area contributed by atoms with Gasteiger partial charge < -0.3 is 20.6 Å². The molecule has 1 aliphatic heterocycles. The lowest BCUT2D eigenvalue weighted by atomic mass is 9.85. The summed E-state index contributed by atoms with van der Waals surface area (Å²) < 4.78 is 33.9. The fraction of sp³-hybridized carbons (Fsp3) is 0.333. The number of hydrogen-bond donors (Lipinski definition) is 4. The maximum absolute atomic E-state index is 14.0. The van der Waals surface area contributed by atoms with Gasteiger partial charge in [0.2, 0.25) is 0 Å². The minimum atomic E-state index is -3.80. The number of fused-ring (bicyclic) bond motifs is 2. The Bertz CT molecular complexity index is 1730. The van der Waals surface area contributed by atoms with E-state index in [1.165, 1.54) is 6.33 Å². The summed E-state index contributed by atoms with van der Waals surface area (Å²) in [6.45, 7) is 4.10. The average Bonchev–Trinajstić information content (AvgIpc) is 3.69. The van der Waals surface area contributed by atoms with Gasteiger partial charge in [0, 0.05) is 29.6 Å². The number of nitrogens with zero attached hydrogens (tertiary/aromatic N) is 3. The lowest BCUT2D eigenvalue weighted by Gasteiger charge is -2.28. The summed E-state index contributed by atoms with van der Waals surface area (Å²) in [5, 5.41) is 19.7. The second-order valence-electron chi connectivity index (χ2n) is 10.8. The summed E-state index contributed by atoms with van der Waals surface area (Å²) in [4.78, 5) is 7.32. The van der Waals surface area contributed by atoms with Crippen molar-refractivity contribution in [2.45, 2.75) is 44.7 Å². The van der Waals surface area contributed by atoms with Gasteiger partial charge in [0.25, 0.3) is 0 Å². The molecular weight excluding hydrogens is 555 g/mol. The SMILES string of the molecule is C[C@H]1[C@H](O)[C@@H](COP(=O)(NCCc2c[nH]c3ccccc23)OCc2ccccc2)O[C@@]1(C)c1ccc2c(N)ncnn12. The first-order valence-corrected chi connectivity index (χ1v) is 15.5. The van der Waals surface area contributed by atoms with Crippen molar-refractivity contribution in [2.24, 2.45) is 5.92 Å². The van der Waals surface area contributed by atoms with Crippen LogP contribution < -0.4 is 10.8 Å². The van der Waals surface area contributed by atoms with Gasteiger partial charge in [-0.25, -0.2) is 19.2 Å². The molecule has 11 nitrogen and oxygen atoms in total. The van der Waals surface area contributed by atoms with Crippen molar-refractivity contribution in [3.63, 3.8) is 0 Å². The zero-order valence-corrected chi connectivity index (χ0v) is 24.4. The van der Waals surface area contributed by atoms with Crippen LogP contribution in [0.4, 0.5) is 5.82 Å². The molecular formula is C30H35N6O5P. The number of nitrogens with one attached hydrogen (secondary N) is 2. The number of para-hydroxylation sites is 1. The number of hydrogen-bond acceptors (Lipinski definition) is 8. The first-order valence-electron chi connectivity index (χ1n) is 14.0. The number of anilines is 1. The molecule has 1 unspecified atom stereocenters. The molecule has 12 heteroatoms. The fourth-order valence-corrected chi connectivity index (χ4v) is 6.90. The molecule has 0 amide bonds. The van der Waals surface area contributed by atoms with Gasteiger partial charge in [-0.15, -0.1) is 0 Å². The van der Waals surface area contributed by atoms with Gasteiger partial charge >= 0.3 is 7.75 Å². The molecule has 0 saturated carbocycles. The van der Waals surface area contributed by atoms with E-state index in [-0.39, 0.29) is 19.1 Å². The quantitative estimate of drug-likeness (QED) is 0.162. The van der Waals surface area contributed by atoms with Crippen LogP contribution in [0.2, 0.25) is 0 Å². The van der Waals surface area contributed by atoms with Gasteiger partial charge in [-0.1, -0.05) is 55.5 Å². The fourth-order valence-electron chi connectivity index (χ4n) is 5.59. The van der Waals surface area contributed by atoms with E-state index in [1.807, 2.05) is 80.7 Å². The molecule has 3 aromatic heterocycles. The van der Waals surface area contributed by atoms with Gasteiger partial charge in [-0.05, 0) is 42.7 Å². The first kappa shape index (κ1) is 28.5. The highest BCUT2D eigenvalue weighted by Crippen LogP contribution is 2.48. The number of nitrogens with two attached hydrogens (primary N) is 1. The van der Waals surface area contributed by atoms with E-state index in [0.29, 0.717) is 24.3 Å². The molecule has 220 valence electrons. The number of benzene rings is 2. The maximum atomic E-state index is 14.0. The van der Waals surface area contributed by atoms with Crippen molar-refractivity contribution in [1.82, 2.24) is 24.7 Å². The summed E-state index contributed by atoms with van der Waals surface area (Å²) in [5.74, 6) is 0.0148. The molecule has 0 radical (unpaired) electrons. The molecule has 5 N–H and O–H groups in total. The van der Waals surface area contributed by atoms with Gasteiger partial charge in [0.05, 0.1) is 25.0 Å². The lowest BCUT2D eigenvalue weighted by Crippen LogP contribution is -2.32. The van der Waals surface area contributed by atoms with Gasteiger partial charge in [0.1, 0.15) is 23.5 Å². The summed E-state index contributed by atoms with van der Waals surface area (Å²) in [5.41, 5.74) is 9.48. The Kier molecular flexibility index (Phi) is 7.89. The summed E-state index contributed by atoms with van der Waals surface area (Å²) in [7, 11) is -3.80. The topological polar surface area (TPSA) is 149 Å². The Morgan fingerprint density at radius 2 is 1.93 bits per heavy atom. The van der Waals surface area contributed by atoms with Gasteiger partial charge in [-0.2, -0.15) is 5.10 Å². The van der Waals surface area contributed by atoms with Crippen LogP contribution in [0, 0.1) is 5.92 Å². The highest BCUT2D eigenvalue weighted by atomic mass is 31.2. The first-order chi connectivity index (χ1) is 20.3. The molecule has 4 heterocycles. The third kappa shape index (κ3) is 5.47. The Morgan fingerprint density at radius 1 is 1.14 bits per heavy atom. The number of ether oxygens (including phenoxy) is 1. The zero-order valence-electron chi connectivity index (χ0n) is 23.5. The van der Waals surface area contributed by atoms with E-state index in [0.717, 1.165) is 27.7 Å². The number of aromatic nitrogens is 4. The third-order valence-corrected chi connectivity index (χ3v) is 9.75. The van der Waals surface area contributed by atoms with E-state index in [4.69, 9.17) is 19.5 Å². The van der Waals surface area contributed by atoms with E-state index >= 15 is 0 Å². The maximum Gasteiger partial charge on any atom is 0.405 e. The van der Waals surface area contributed by atoms with Crippen molar-refractivity contribution in [1.29, 1.82) is 0 Å². The smallest absolute Gasteiger partial charge is 0.390 e. The van der Waals surface area contributed by atoms with E-state index in [1.54, 1.807) is 4.52 Å². The van der Waals surface area contributed by atoms with Crippen molar-refractivity contribution in [3.8, 4) is 0 Å². The third-order valence-electron chi connectivity index (χ3n) is 8.18. The predicted octanol–water partition coefficient (Wildman–Crippen LogP) is 4.58. The van der Waals surface area contributed by atoms with Crippen molar-refractivity contribution >= 4 is 30.0 Å². The van der Waals surface area contributed by atoms with E-state index in [2.05, 4.69) is 26.2 Å². The minimum Gasteiger partial charge on any atom is -0.390 e. The highest BCUT2D eigenvalue weighted by Gasteiger charge is 2.52. The molecule has 42 heavy (non-hydrogen) atoms. The number of aromatic amines is 1. The lowest BCUT2D eigenvalue weighted by molar-refractivity contribution is -0.0727. The van der Waals surface area contributed by atoms with Crippen molar-refractivity contribution in [3.05, 3.63) is 96.1 Å². The van der Waals surface area contributed by atoms with Crippen molar-refractivity contribution < 1.29 is 23.5 Å². The second-order valence-corrected chi connectivity index (χ2v) is 12.6. The van der Waals surface area contributed by atoms with E-state index < -0.39 is 25.6 Å². The van der Waals surface area contributed by atoms with Crippen LogP contribution in [-0.4, -0.2) is 50.0 Å². The van der Waals surface area contributed by atoms with Crippen LogP contribution >= 0.6 is 7.75 Å². The Labute approximate surface area is 243 Å². The second kappa shape index (κ2) is 11.6. The largest absolute Gasteiger partial charge is 0.405 e. The van der Waals surface area contributed by atoms with Gasteiger partial charge in [-0.3, -0.25) is 9.05 Å². The summed E-state index contributed by atoms with van der Waals surface area (Å²) in [6.07, 6.45) is 2.29.